The Hall–Kier alpha value is -3.21. The number of carboxylic acid groups (broad SMARTS) is 1. The van der Waals surface area contributed by atoms with Gasteiger partial charge in [-0.25, -0.2) is 14.8 Å². The lowest BCUT2D eigenvalue weighted by molar-refractivity contribution is 0.0693. The minimum atomic E-state index is -1.13. The lowest BCUT2D eigenvalue weighted by atomic mass is 10.1. The van der Waals surface area contributed by atoms with E-state index in [0.29, 0.717) is 5.75 Å². The first-order valence-electron chi connectivity index (χ1n) is 6.60. The smallest absolute Gasteiger partial charge is 0.342 e. The molecular weight excluding hydrogens is 280 g/mol. The Balaban J connectivity index is 1.84. The minimum Gasteiger partial charge on any atom is -0.477 e. The highest BCUT2D eigenvalue weighted by Crippen LogP contribution is 2.26. The molecule has 3 aromatic rings. The number of rotatable bonds is 4. The Bertz CT molecular complexity index is 787. The molecule has 2 aromatic carbocycles. The molecule has 1 N–H and O–H groups in total. The predicted molar refractivity (Wildman–Crippen MR) is 80.9 cm³/mol. The molecule has 0 saturated carbocycles. The van der Waals surface area contributed by atoms with Crippen LogP contribution in [-0.2, 0) is 0 Å². The van der Waals surface area contributed by atoms with E-state index in [4.69, 9.17) is 9.84 Å². The lowest BCUT2D eigenvalue weighted by Gasteiger charge is -2.08. The fourth-order valence-electron chi connectivity index (χ4n) is 2.00. The van der Waals surface area contributed by atoms with E-state index >= 15 is 0 Å². The van der Waals surface area contributed by atoms with Crippen molar-refractivity contribution >= 4 is 5.97 Å². The Morgan fingerprint density at radius 3 is 2.32 bits per heavy atom. The topological polar surface area (TPSA) is 72.3 Å². The minimum absolute atomic E-state index is 0.0231. The number of nitrogens with zero attached hydrogens (tertiary/aromatic N) is 2. The van der Waals surface area contributed by atoms with E-state index in [9.17, 15) is 4.79 Å². The van der Waals surface area contributed by atoms with Gasteiger partial charge < -0.3 is 9.84 Å². The number of ether oxygens (including phenoxy) is 1. The van der Waals surface area contributed by atoms with Crippen molar-refractivity contribution in [1.82, 2.24) is 9.97 Å². The first-order valence-corrected chi connectivity index (χ1v) is 6.60. The van der Waals surface area contributed by atoms with Crippen molar-refractivity contribution in [3.8, 4) is 22.8 Å². The molecule has 0 aliphatic heterocycles. The van der Waals surface area contributed by atoms with E-state index in [1.165, 1.54) is 12.5 Å². The molecule has 0 spiro atoms. The summed E-state index contributed by atoms with van der Waals surface area (Å²) in [6.07, 6.45) is 2.46. The van der Waals surface area contributed by atoms with Crippen LogP contribution in [0.3, 0.4) is 0 Å². The zero-order valence-corrected chi connectivity index (χ0v) is 11.5. The third kappa shape index (κ3) is 2.93. The third-order valence-corrected chi connectivity index (χ3v) is 3.08. The largest absolute Gasteiger partial charge is 0.477 e. The Labute approximate surface area is 126 Å². The van der Waals surface area contributed by atoms with E-state index in [1.54, 1.807) is 12.1 Å². The summed E-state index contributed by atoms with van der Waals surface area (Å²) in [5.74, 6) is -0.590. The molecule has 0 aliphatic carbocycles. The number of benzene rings is 2. The first kappa shape index (κ1) is 13.8. The van der Waals surface area contributed by atoms with Crippen LogP contribution in [-0.4, -0.2) is 21.0 Å². The van der Waals surface area contributed by atoms with Crippen LogP contribution in [0.5, 0.6) is 11.6 Å². The second-order valence-electron chi connectivity index (χ2n) is 4.54. The van der Waals surface area contributed by atoms with E-state index in [1.807, 2.05) is 42.5 Å². The van der Waals surface area contributed by atoms with E-state index < -0.39 is 5.97 Å². The predicted octanol–water partition coefficient (Wildman–Crippen LogP) is 3.63. The van der Waals surface area contributed by atoms with Crippen molar-refractivity contribution in [2.45, 2.75) is 0 Å². The highest BCUT2D eigenvalue weighted by atomic mass is 16.5. The van der Waals surface area contributed by atoms with Gasteiger partial charge in [0.1, 0.15) is 17.6 Å². The van der Waals surface area contributed by atoms with Crippen LogP contribution in [0.15, 0.2) is 67.1 Å². The maximum absolute atomic E-state index is 11.1. The molecule has 108 valence electrons. The fourth-order valence-corrected chi connectivity index (χ4v) is 2.00. The molecule has 0 aliphatic rings. The summed E-state index contributed by atoms with van der Waals surface area (Å²) < 4.78 is 5.53. The van der Waals surface area contributed by atoms with Crippen LogP contribution in [0, 0.1) is 0 Å². The van der Waals surface area contributed by atoms with Crippen molar-refractivity contribution < 1.29 is 14.6 Å². The van der Waals surface area contributed by atoms with Gasteiger partial charge in [-0.05, 0) is 23.3 Å². The summed E-state index contributed by atoms with van der Waals surface area (Å²) >= 11 is 0. The van der Waals surface area contributed by atoms with Crippen LogP contribution in [0.2, 0.25) is 0 Å². The molecule has 3 rings (SSSR count). The van der Waals surface area contributed by atoms with Crippen molar-refractivity contribution in [2.75, 3.05) is 0 Å². The lowest BCUT2D eigenvalue weighted by Crippen LogP contribution is -2.02. The highest BCUT2D eigenvalue weighted by molar-refractivity contribution is 5.89. The fraction of sp³-hybridized carbons (Fsp3) is 0. The van der Waals surface area contributed by atoms with Gasteiger partial charge in [0.05, 0.1) is 0 Å². The number of aromatic carboxylic acids is 1. The summed E-state index contributed by atoms with van der Waals surface area (Å²) in [6.45, 7) is 0. The average Bonchev–Trinajstić information content (AvgIpc) is 2.57. The van der Waals surface area contributed by atoms with Crippen LogP contribution < -0.4 is 4.74 Å². The summed E-state index contributed by atoms with van der Waals surface area (Å²) in [4.78, 5) is 18.6. The zero-order chi connectivity index (χ0) is 15.4. The van der Waals surface area contributed by atoms with E-state index in [0.717, 1.165) is 11.1 Å². The average molecular weight is 292 g/mol. The van der Waals surface area contributed by atoms with Crippen molar-refractivity contribution in [2.24, 2.45) is 0 Å². The van der Waals surface area contributed by atoms with Crippen LogP contribution in [0.1, 0.15) is 10.4 Å². The molecule has 0 unspecified atom stereocenters. The Kier molecular flexibility index (Phi) is 3.78. The van der Waals surface area contributed by atoms with Gasteiger partial charge in [-0.1, -0.05) is 42.5 Å². The normalized spacial score (nSPS) is 10.2. The molecule has 0 saturated heterocycles. The molecule has 5 heteroatoms. The monoisotopic (exact) mass is 292 g/mol. The maximum atomic E-state index is 11.1. The van der Waals surface area contributed by atoms with Crippen molar-refractivity contribution in [1.29, 1.82) is 0 Å². The number of aromatic nitrogens is 2. The molecule has 0 amide bonds. The number of carboxylic acids is 1. The van der Waals surface area contributed by atoms with Crippen molar-refractivity contribution in [3.63, 3.8) is 0 Å². The van der Waals surface area contributed by atoms with Crippen LogP contribution in [0.25, 0.3) is 11.1 Å². The van der Waals surface area contributed by atoms with Gasteiger partial charge in [0.25, 0.3) is 0 Å². The van der Waals surface area contributed by atoms with E-state index in [2.05, 4.69) is 9.97 Å². The third-order valence-electron chi connectivity index (χ3n) is 3.08. The Morgan fingerprint density at radius 2 is 1.64 bits per heavy atom. The Morgan fingerprint density at radius 1 is 0.955 bits per heavy atom. The van der Waals surface area contributed by atoms with Gasteiger partial charge in [0.15, 0.2) is 0 Å². The molecule has 22 heavy (non-hydrogen) atoms. The maximum Gasteiger partial charge on any atom is 0.342 e. The van der Waals surface area contributed by atoms with Crippen LogP contribution >= 0.6 is 0 Å². The van der Waals surface area contributed by atoms with E-state index in [-0.39, 0.29) is 11.4 Å². The van der Waals surface area contributed by atoms with Gasteiger partial charge in [0, 0.05) is 6.20 Å². The molecule has 0 atom stereocenters. The molecule has 0 bridgehead atoms. The molecule has 0 fully saturated rings. The number of carbonyl (C=O) groups is 1. The molecule has 1 heterocycles. The quantitative estimate of drug-likeness (QED) is 0.795. The number of hydrogen-bond donors (Lipinski definition) is 1. The van der Waals surface area contributed by atoms with Gasteiger partial charge in [-0.2, -0.15) is 0 Å². The second-order valence-corrected chi connectivity index (χ2v) is 4.54. The number of hydrogen-bond acceptors (Lipinski definition) is 4. The summed E-state index contributed by atoms with van der Waals surface area (Å²) in [6, 6.07) is 17.3. The molecule has 0 radical (unpaired) electrons. The highest BCUT2D eigenvalue weighted by Gasteiger charge is 2.13. The van der Waals surface area contributed by atoms with Crippen LogP contribution in [0.4, 0.5) is 0 Å². The zero-order valence-electron chi connectivity index (χ0n) is 11.5. The summed E-state index contributed by atoms with van der Waals surface area (Å²) in [7, 11) is 0. The van der Waals surface area contributed by atoms with Crippen molar-refractivity contribution in [3.05, 3.63) is 72.7 Å². The second kappa shape index (κ2) is 6.05. The SMILES string of the molecule is O=C(O)c1cncnc1Oc1ccc(-c2ccccc2)cc1. The van der Waals surface area contributed by atoms with Gasteiger partial charge in [-0.15, -0.1) is 0 Å². The van der Waals surface area contributed by atoms with Gasteiger partial charge >= 0.3 is 5.97 Å². The summed E-state index contributed by atoms with van der Waals surface area (Å²) in [5.41, 5.74) is 2.08. The summed E-state index contributed by atoms with van der Waals surface area (Å²) in [5, 5.41) is 9.08. The van der Waals surface area contributed by atoms with Gasteiger partial charge in [-0.3, -0.25) is 0 Å². The standard InChI is InChI=1S/C17H12N2O3/c20-17(21)15-10-18-11-19-16(15)22-14-8-6-13(7-9-14)12-4-2-1-3-5-12/h1-11H,(H,20,21). The first-order chi connectivity index (χ1) is 10.7. The van der Waals surface area contributed by atoms with Gasteiger partial charge in [0.2, 0.25) is 5.88 Å². The molecule has 1 aromatic heterocycles. The molecular formula is C17H12N2O3. The molecule has 5 nitrogen and oxygen atoms in total.